The van der Waals surface area contributed by atoms with Crippen molar-refractivity contribution in [3.63, 3.8) is 0 Å². The molecule has 1 aromatic carbocycles. The fourth-order valence-corrected chi connectivity index (χ4v) is 3.00. The summed E-state index contributed by atoms with van der Waals surface area (Å²) < 4.78 is 5.64. The van der Waals surface area contributed by atoms with Crippen molar-refractivity contribution in [1.29, 1.82) is 0 Å². The molecule has 120 valence electrons. The van der Waals surface area contributed by atoms with E-state index in [0.717, 1.165) is 38.3 Å². The molecule has 0 saturated heterocycles. The first-order chi connectivity index (χ1) is 10.1. The maximum atomic E-state index is 5.64. The Hall–Kier alpha value is -1.06. The number of aryl methyl sites for hydroxylation is 2. The van der Waals surface area contributed by atoms with Crippen LogP contribution in [0.25, 0.3) is 0 Å². The molecule has 0 aromatic heterocycles. The lowest BCUT2D eigenvalue weighted by molar-refractivity contribution is 0.280. The summed E-state index contributed by atoms with van der Waals surface area (Å²) in [6.45, 7) is 15.2. The summed E-state index contributed by atoms with van der Waals surface area (Å²) >= 11 is 0. The molecule has 1 atom stereocenters. The van der Waals surface area contributed by atoms with Crippen molar-refractivity contribution in [2.45, 2.75) is 47.1 Å². The minimum Gasteiger partial charge on any atom is -0.496 e. The number of nitrogens with one attached hydrogen (secondary N) is 1. The van der Waals surface area contributed by atoms with Crippen LogP contribution < -0.4 is 10.1 Å². The van der Waals surface area contributed by atoms with Crippen LogP contribution in [0.1, 0.15) is 49.9 Å². The molecule has 1 rings (SSSR count). The molecule has 0 aliphatic carbocycles. The molecule has 1 unspecified atom stereocenters. The number of nitrogens with zero attached hydrogens (tertiary/aromatic N) is 1. The minimum atomic E-state index is 0.353. The van der Waals surface area contributed by atoms with Gasteiger partial charge in [-0.05, 0) is 63.6 Å². The van der Waals surface area contributed by atoms with Gasteiger partial charge in [0.15, 0.2) is 0 Å². The number of methoxy groups -OCH3 is 1. The van der Waals surface area contributed by atoms with Gasteiger partial charge in [-0.25, -0.2) is 0 Å². The Labute approximate surface area is 130 Å². The highest BCUT2D eigenvalue weighted by molar-refractivity contribution is 5.45. The predicted octanol–water partition coefficient (Wildman–Crippen LogP) is 3.69. The molecule has 0 radical (unpaired) electrons. The smallest absolute Gasteiger partial charge is 0.124 e. The highest BCUT2D eigenvalue weighted by atomic mass is 16.5. The topological polar surface area (TPSA) is 24.5 Å². The van der Waals surface area contributed by atoms with E-state index in [1.54, 1.807) is 7.11 Å². The van der Waals surface area contributed by atoms with E-state index in [2.05, 4.69) is 57.0 Å². The third kappa shape index (κ3) is 5.01. The molecule has 0 aliphatic rings. The van der Waals surface area contributed by atoms with E-state index in [4.69, 9.17) is 4.74 Å². The fraction of sp³-hybridized carbons (Fsp3) is 0.667. The molecule has 0 saturated carbocycles. The van der Waals surface area contributed by atoms with Crippen molar-refractivity contribution >= 4 is 0 Å². The van der Waals surface area contributed by atoms with Crippen molar-refractivity contribution in [3.05, 3.63) is 28.8 Å². The lowest BCUT2D eigenvalue weighted by Gasteiger charge is -2.26. The molecule has 1 N–H and O–H groups in total. The van der Waals surface area contributed by atoms with E-state index in [9.17, 15) is 0 Å². The van der Waals surface area contributed by atoms with Crippen molar-refractivity contribution in [2.24, 2.45) is 0 Å². The van der Waals surface area contributed by atoms with Gasteiger partial charge in [0.25, 0.3) is 0 Å². The summed E-state index contributed by atoms with van der Waals surface area (Å²) in [5.74, 6) is 1.01. The van der Waals surface area contributed by atoms with Gasteiger partial charge >= 0.3 is 0 Å². The lowest BCUT2D eigenvalue weighted by atomic mass is 9.95. The number of ether oxygens (including phenoxy) is 1. The highest BCUT2D eigenvalue weighted by Gasteiger charge is 2.19. The predicted molar refractivity (Wildman–Crippen MR) is 91.3 cm³/mol. The molecule has 3 nitrogen and oxygen atoms in total. The number of hydrogen-bond acceptors (Lipinski definition) is 3. The quantitative estimate of drug-likeness (QED) is 0.751. The van der Waals surface area contributed by atoms with Gasteiger partial charge in [-0.2, -0.15) is 0 Å². The van der Waals surface area contributed by atoms with E-state index in [1.807, 2.05) is 0 Å². The molecule has 0 heterocycles. The zero-order valence-corrected chi connectivity index (χ0v) is 14.6. The van der Waals surface area contributed by atoms with Crippen LogP contribution in [-0.4, -0.2) is 38.2 Å². The van der Waals surface area contributed by atoms with E-state index in [-0.39, 0.29) is 0 Å². The average Bonchev–Trinajstić information content (AvgIpc) is 2.46. The summed E-state index contributed by atoms with van der Waals surface area (Å²) in [5, 5.41) is 3.63. The molecule has 1 aromatic rings. The molecule has 21 heavy (non-hydrogen) atoms. The van der Waals surface area contributed by atoms with Gasteiger partial charge in [-0.3, -0.25) is 0 Å². The summed E-state index contributed by atoms with van der Waals surface area (Å²) in [5.41, 5.74) is 3.89. The van der Waals surface area contributed by atoms with Crippen LogP contribution in [0.15, 0.2) is 12.1 Å². The summed E-state index contributed by atoms with van der Waals surface area (Å²) in [4.78, 5) is 2.47. The summed E-state index contributed by atoms with van der Waals surface area (Å²) in [7, 11) is 1.77. The van der Waals surface area contributed by atoms with Crippen LogP contribution in [0, 0.1) is 13.8 Å². The van der Waals surface area contributed by atoms with Gasteiger partial charge in [-0.15, -0.1) is 0 Å². The van der Waals surface area contributed by atoms with Crippen LogP contribution in [0.5, 0.6) is 5.75 Å². The average molecular weight is 292 g/mol. The molecular formula is C18H32N2O. The Morgan fingerprint density at radius 2 is 1.81 bits per heavy atom. The standard InChI is InChI=1S/C18H32N2O/c1-7-19-16(10-11-20(8-2)9-3)18-15(5)12-14(4)13-17(18)21-6/h12-13,16,19H,7-11H2,1-6H3. The third-order valence-electron chi connectivity index (χ3n) is 4.14. The fourth-order valence-electron chi connectivity index (χ4n) is 3.00. The van der Waals surface area contributed by atoms with E-state index < -0.39 is 0 Å². The van der Waals surface area contributed by atoms with E-state index in [0.29, 0.717) is 6.04 Å². The third-order valence-corrected chi connectivity index (χ3v) is 4.14. The number of rotatable bonds is 9. The number of hydrogen-bond donors (Lipinski definition) is 1. The molecule has 0 aliphatic heterocycles. The van der Waals surface area contributed by atoms with Crippen LogP contribution in [0.3, 0.4) is 0 Å². The minimum absolute atomic E-state index is 0.353. The second kappa shape index (κ2) is 9.06. The Bertz CT molecular complexity index is 427. The second-order valence-corrected chi connectivity index (χ2v) is 5.62. The van der Waals surface area contributed by atoms with E-state index in [1.165, 1.54) is 16.7 Å². The zero-order chi connectivity index (χ0) is 15.8. The van der Waals surface area contributed by atoms with Crippen molar-refractivity contribution in [1.82, 2.24) is 10.2 Å². The van der Waals surface area contributed by atoms with Crippen LogP contribution in [-0.2, 0) is 0 Å². The van der Waals surface area contributed by atoms with Crippen LogP contribution in [0.2, 0.25) is 0 Å². The zero-order valence-electron chi connectivity index (χ0n) is 14.6. The van der Waals surface area contributed by atoms with Crippen LogP contribution in [0.4, 0.5) is 0 Å². The van der Waals surface area contributed by atoms with Gasteiger partial charge in [0.2, 0.25) is 0 Å². The first-order valence-corrected chi connectivity index (χ1v) is 8.18. The number of benzene rings is 1. The lowest BCUT2D eigenvalue weighted by Crippen LogP contribution is -2.30. The first-order valence-electron chi connectivity index (χ1n) is 8.18. The van der Waals surface area contributed by atoms with E-state index >= 15 is 0 Å². The van der Waals surface area contributed by atoms with Crippen molar-refractivity contribution in [3.8, 4) is 5.75 Å². The van der Waals surface area contributed by atoms with Gasteiger partial charge in [-0.1, -0.05) is 26.8 Å². The van der Waals surface area contributed by atoms with Crippen molar-refractivity contribution < 1.29 is 4.74 Å². The van der Waals surface area contributed by atoms with Crippen LogP contribution >= 0.6 is 0 Å². The SMILES string of the molecule is CCNC(CCN(CC)CC)c1c(C)cc(C)cc1OC. The molecule has 0 spiro atoms. The van der Waals surface area contributed by atoms with Gasteiger partial charge < -0.3 is 15.0 Å². The molecular weight excluding hydrogens is 260 g/mol. The Balaban J connectivity index is 2.99. The second-order valence-electron chi connectivity index (χ2n) is 5.62. The summed E-state index contributed by atoms with van der Waals surface area (Å²) in [6.07, 6.45) is 1.11. The Kier molecular flexibility index (Phi) is 7.76. The monoisotopic (exact) mass is 292 g/mol. The highest BCUT2D eigenvalue weighted by Crippen LogP contribution is 2.32. The largest absolute Gasteiger partial charge is 0.496 e. The Morgan fingerprint density at radius 1 is 1.14 bits per heavy atom. The molecule has 3 heteroatoms. The van der Waals surface area contributed by atoms with Gasteiger partial charge in [0, 0.05) is 11.6 Å². The summed E-state index contributed by atoms with van der Waals surface area (Å²) in [6, 6.07) is 4.75. The van der Waals surface area contributed by atoms with Gasteiger partial charge in [0.05, 0.1) is 7.11 Å². The maximum absolute atomic E-state index is 5.64. The normalized spacial score (nSPS) is 12.7. The maximum Gasteiger partial charge on any atom is 0.124 e. The van der Waals surface area contributed by atoms with Crippen molar-refractivity contribution in [2.75, 3.05) is 33.3 Å². The molecule has 0 amide bonds. The van der Waals surface area contributed by atoms with Gasteiger partial charge in [0.1, 0.15) is 5.75 Å². The molecule has 0 bridgehead atoms. The first kappa shape index (κ1) is 18.0. The molecule has 0 fully saturated rings. The Morgan fingerprint density at radius 3 is 2.33 bits per heavy atom.